The molecule has 0 unspecified atom stereocenters. The molecular weight excluding hydrogens is 454 g/mol. The van der Waals surface area contributed by atoms with Crippen LogP contribution in [0.25, 0.3) is 22.5 Å². The summed E-state index contributed by atoms with van der Waals surface area (Å²) in [6, 6.07) is 9.58. The van der Waals surface area contributed by atoms with Gasteiger partial charge in [0.1, 0.15) is 23.2 Å². The Labute approximate surface area is 204 Å². The molecule has 3 aromatic rings. The van der Waals surface area contributed by atoms with Crippen LogP contribution in [0.4, 0.5) is 0 Å². The fourth-order valence-corrected chi connectivity index (χ4v) is 4.10. The number of nitrogens with zero attached hydrogens (tertiary/aromatic N) is 5. The van der Waals surface area contributed by atoms with E-state index in [0.29, 0.717) is 54.5 Å². The molecular formula is C25H28ClN5O3. The van der Waals surface area contributed by atoms with Gasteiger partial charge in [0, 0.05) is 55.4 Å². The largest absolute Gasteiger partial charge is 0.494 e. The summed E-state index contributed by atoms with van der Waals surface area (Å²) in [7, 11) is 0. The molecule has 178 valence electrons. The van der Waals surface area contributed by atoms with E-state index in [1.54, 1.807) is 18.5 Å². The molecule has 1 aromatic carbocycles. The number of aromatic nitrogens is 4. The van der Waals surface area contributed by atoms with Crippen molar-refractivity contribution in [2.24, 2.45) is 5.92 Å². The number of hydrogen-bond acceptors (Lipinski definition) is 7. The van der Waals surface area contributed by atoms with Crippen LogP contribution in [0.15, 0.2) is 42.7 Å². The summed E-state index contributed by atoms with van der Waals surface area (Å²) in [5, 5.41) is 9.16. The van der Waals surface area contributed by atoms with Gasteiger partial charge in [0.15, 0.2) is 0 Å². The molecule has 1 fully saturated rings. The van der Waals surface area contributed by atoms with Crippen molar-refractivity contribution in [3.8, 4) is 34.3 Å². The first-order chi connectivity index (χ1) is 16.5. The van der Waals surface area contributed by atoms with Crippen LogP contribution in [0.2, 0.25) is 5.02 Å². The molecule has 1 aliphatic rings. The van der Waals surface area contributed by atoms with Crippen molar-refractivity contribution in [2.75, 3.05) is 19.7 Å². The number of rotatable bonds is 7. The number of hydrogen-bond donors (Lipinski definition) is 0. The zero-order valence-corrected chi connectivity index (χ0v) is 20.3. The quantitative estimate of drug-likeness (QED) is 0.484. The van der Waals surface area contributed by atoms with Crippen LogP contribution >= 0.6 is 11.6 Å². The Hall–Kier alpha value is -3.26. The zero-order chi connectivity index (χ0) is 24.1. The first kappa shape index (κ1) is 23.9. The Morgan fingerprint density at radius 1 is 1.12 bits per heavy atom. The smallest absolute Gasteiger partial charge is 0.336 e. The minimum Gasteiger partial charge on any atom is -0.494 e. The number of amides is 1. The second-order valence-corrected chi connectivity index (χ2v) is 8.81. The van der Waals surface area contributed by atoms with Crippen LogP contribution in [0.3, 0.4) is 0 Å². The molecule has 8 nitrogen and oxygen atoms in total. The van der Waals surface area contributed by atoms with Crippen molar-refractivity contribution in [2.45, 2.75) is 39.7 Å². The molecule has 1 saturated heterocycles. The summed E-state index contributed by atoms with van der Waals surface area (Å²) in [5.74, 6) is 0.941. The van der Waals surface area contributed by atoms with Gasteiger partial charge in [-0.3, -0.25) is 9.78 Å². The Bertz CT molecular complexity index is 1130. The monoisotopic (exact) mass is 481 g/mol. The average Bonchev–Trinajstić information content (AvgIpc) is 2.85. The summed E-state index contributed by atoms with van der Waals surface area (Å²) >= 11 is 6.45. The van der Waals surface area contributed by atoms with Gasteiger partial charge < -0.3 is 14.4 Å². The van der Waals surface area contributed by atoms with E-state index in [1.165, 1.54) is 0 Å². The van der Waals surface area contributed by atoms with E-state index >= 15 is 0 Å². The SMILES string of the molecule is CCOc1ccc(-c2nnc(OC3CCN(C(=O)C(C)C)CC3)nc2-c2ccncc2Cl)cc1. The molecule has 0 N–H and O–H groups in total. The summed E-state index contributed by atoms with van der Waals surface area (Å²) in [6.07, 6.45) is 4.58. The van der Waals surface area contributed by atoms with Crippen molar-refractivity contribution in [3.63, 3.8) is 0 Å². The molecule has 1 amide bonds. The summed E-state index contributed by atoms with van der Waals surface area (Å²) < 4.78 is 11.6. The molecule has 4 rings (SSSR count). The fourth-order valence-electron chi connectivity index (χ4n) is 3.89. The molecule has 0 bridgehead atoms. The van der Waals surface area contributed by atoms with Crippen LogP contribution in [-0.4, -0.2) is 56.8 Å². The molecule has 2 aromatic heterocycles. The van der Waals surface area contributed by atoms with Gasteiger partial charge in [-0.25, -0.2) is 0 Å². The van der Waals surface area contributed by atoms with Gasteiger partial charge in [-0.1, -0.05) is 30.5 Å². The first-order valence-electron chi connectivity index (χ1n) is 11.5. The third-order valence-corrected chi connectivity index (χ3v) is 5.95. The van der Waals surface area contributed by atoms with E-state index in [0.717, 1.165) is 11.3 Å². The predicted molar refractivity (Wildman–Crippen MR) is 130 cm³/mol. The highest BCUT2D eigenvalue weighted by molar-refractivity contribution is 6.33. The van der Waals surface area contributed by atoms with E-state index in [4.69, 9.17) is 26.1 Å². The zero-order valence-electron chi connectivity index (χ0n) is 19.6. The topological polar surface area (TPSA) is 90.3 Å². The van der Waals surface area contributed by atoms with Crippen LogP contribution in [0.5, 0.6) is 11.8 Å². The van der Waals surface area contributed by atoms with Crippen molar-refractivity contribution in [1.29, 1.82) is 0 Å². The van der Waals surface area contributed by atoms with Crippen molar-refractivity contribution < 1.29 is 14.3 Å². The summed E-state index contributed by atoms with van der Waals surface area (Å²) in [6.45, 7) is 7.68. The summed E-state index contributed by atoms with van der Waals surface area (Å²) in [4.78, 5) is 22.9. The number of benzene rings is 1. The van der Waals surface area contributed by atoms with E-state index in [1.807, 2.05) is 49.9 Å². The van der Waals surface area contributed by atoms with Crippen LogP contribution in [0, 0.1) is 5.92 Å². The lowest BCUT2D eigenvalue weighted by molar-refractivity contribution is -0.136. The first-order valence-corrected chi connectivity index (χ1v) is 11.9. The lowest BCUT2D eigenvalue weighted by Crippen LogP contribution is -2.43. The van der Waals surface area contributed by atoms with Gasteiger partial charge in [-0.15, -0.1) is 5.10 Å². The number of ether oxygens (including phenoxy) is 2. The van der Waals surface area contributed by atoms with Gasteiger partial charge >= 0.3 is 6.01 Å². The second kappa shape index (κ2) is 10.8. The highest BCUT2D eigenvalue weighted by Gasteiger charge is 2.26. The third-order valence-electron chi connectivity index (χ3n) is 5.65. The maximum absolute atomic E-state index is 12.3. The standard InChI is InChI=1S/C25H28ClN5O3/c1-4-33-18-7-5-17(6-8-18)22-23(20-9-12-27-15-21(20)26)28-25(30-29-22)34-19-10-13-31(14-11-19)24(32)16(2)3/h5-9,12,15-16,19H,4,10-11,13-14H2,1-3H3. The summed E-state index contributed by atoms with van der Waals surface area (Å²) in [5.41, 5.74) is 2.67. The Balaban J connectivity index is 1.59. The lowest BCUT2D eigenvalue weighted by atomic mass is 10.1. The second-order valence-electron chi connectivity index (χ2n) is 8.40. The van der Waals surface area contributed by atoms with Crippen molar-refractivity contribution in [3.05, 3.63) is 47.7 Å². The maximum Gasteiger partial charge on any atom is 0.336 e. The Kier molecular flexibility index (Phi) is 7.57. The molecule has 0 radical (unpaired) electrons. The fraction of sp³-hybridized carbons (Fsp3) is 0.400. The molecule has 34 heavy (non-hydrogen) atoms. The minimum atomic E-state index is -0.0879. The van der Waals surface area contributed by atoms with Crippen molar-refractivity contribution in [1.82, 2.24) is 25.1 Å². The van der Waals surface area contributed by atoms with E-state index in [2.05, 4.69) is 15.2 Å². The number of pyridine rings is 1. The van der Waals surface area contributed by atoms with Gasteiger partial charge in [0.05, 0.1) is 11.6 Å². The van der Waals surface area contributed by atoms with Gasteiger partial charge in [-0.2, -0.15) is 4.98 Å². The lowest BCUT2D eigenvalue weighted by Gasteiger charge is -2.32. The molecule has 0 aliphatic carbocycles. The number of likely N-dealkylation sites (tertiary alicyclic amines) is 1. The molecule has 0 spiro atoms. The van der Waals surface area contributed by atoms with Gasteiger partial charge in [0.25, 0.3) is 0 Å². The van der Waals surface area contributed by atoms with Gasteiger partial charge in [-0.05, 0) is 37.3 Å². The van der Waals surface area contributed by atoms with Crippen LogP contribution in [-0.2, 0) is 4.79 Å². The normalized spacial score (nSPS) is 14.3. The number of carbonyl (C=O) groups is 1. The highest BCUT2D eigenvalue weighted by atomic mass is 35.5. The minimum absolute atomic E-state index is 0.00665. The number of piperidine rings is 1. The van der Waals surface area contributed by atoms with Crippen LogP contribution in [0.1, 0.15) is 33.6 Å². The highest BCUT2D eigenvalue weighted by Crippen LogP contribution is 2.34. The Morgan fingerprint density at radius 2 is 1.85 bits per heavy atom. The van der Waals surface area contributed by atoms with Gasteiger partial charge in [0.2, 0.25) is 5.91 Å². The third kappa shape index (κ3) is 5.44. The molecule has 9 heteroatoms. The average molecular weight is 482 g/mol. The van der Waals surface area contributed by atoms with Crippen LogP contribution < -0.4 is 9.47 Å². The van der Waals surface area contributed by atoms with E-state index in [9.17, 15) is 4.79 Å². The maximum atomic E-state index is 12.3. The molecule has 3 heterocycles. The number of carbonyl (C=O) groups excluding carboxylic acids is 1. The van der Waals surface area contributed by atoms with E-state index < -0.39 is 0 Å². The molecule has 0 atom stereocenters. The van der Waals surface area contributed by atoms with E-state index in [-0.39, 0.29) is 23.9 Å². The predicted octanol–water partition coefficient (Wildman–Crippen LogP) is 4.68. The molecule has 0 saturated carbocycles. The Morgan fingerprint density at radius 3 is 2.50 bits per heavy atom. The van der Waals surface area contributed by atoms with Crippen molar-refractivity contribution >= 4 is 17.5 Å². The number of halogens is 1. The molecule has 1 aliphatic heterocycles.